The van der Waals surface area contributed by atoms with E-state index in [2.05, 4.69) is 222 Å². The standard InChI is InChI=1S/C25H20BrNO2.C19H17NO2.C6H4BrI/c26-20-10-14-22(15-11-20)27(24-7-3-5-18-4-1-2-6-23(18)24)21-12-8-19(9-13-21)25-28-16-17-29-25;1-2-6-17-14(4-1)5-3-7-18(17)20-16-10-8-15(9-11-16)19-21-12-13-22-19;7-5-1-3-6(8)4-2-5/h1-15,25H,16-17H2;1-11,19-20H,12-13H2;1-4H. The molecule has 2 heterocycles. The van der Waals surface area contributed by atoms with Crippen LogP contribution >= 0.6 is 54.5 Å². The molecule has 0 atom stereocenters. The molecule has 59 heavy (non-hydrogen) atoms. The van der Waals surface area contributed by atoms with Gasteiger partial charge in [0.05, 0.1) is 32.1 Å². The Kier molecular flexibility index (Phi) is 14.0. The van der Waals surface area contributed by atoms with Gasteiger partial charge in [-0.3, -0.25) is 0 Å². The van der Waals surface area contributed by atoms with Crippen molar-refractivity contribution in [3.8, 4) is 0 Å². The van der Waals surface area contributed by atoms with Crippen LogP contribution in [0.2, 0.25) is 0 Å². The Morgan fingerprint density at radius 3 is 1.46 bits per heavy atom. The average Bonchev–Trinajstić information content (AvgIpc) is 4.04. The second kappa shape index (κ2) is 20.1. The predicted molar refractivity (Wildman–Crippen MR) is 256 cm³/mol. The Morgan fingerprint density at radius 1 is 0.458 bits per heavy atom. The summed E-state index contributed by atoms with van der Waals surface area (Å²) in [4.78, 5) is 2.29. The van der Waals surface area contributed by atoms with Gasteiger partial charge in [-0.05, 0) is 118 Å². The van der Waals surface area contributed by atoms with Crippen molar-refractivity contribution in [1.82, 2.24) is 0 Å². The molecular weight excluding hydrogens is 979 g/mol. The zero-order valence-electron chi connectivity index (χ0n) is 32.0. The van der Waals surface area contributed by atoms with Crippen molar-refractivity contribution in [2.24, 2.45) is 0 Å². The second-order valence-electron chi connectivity index (χ2n) is 13.8. The number of anilines is 5. The quantitative estimate of drug-likeness (QED) is 0.161. The minimum Gasteiger partial charge on any atom is -0.355 e. The van der Waals surface area contributed by atoms with E-state index in [1.54, 1.807) is 0 Å². The van der Waals surface area contributed by atoms with Crippen molar-refractivity contribution in [3.63, 3.8) is 0 Å². The molecule has 8 aromatic rings. The third-order valence-corrected chi connectivity index (χ3v) is 11.6. The fourth-order valence-corrected chi connectivity index (χ4v) is 7.83. The summed E-state index contributed by atoms with van der Waals surface area (Å²) in [7, 11) is 0. The van der Waals surface area contributed by atoms with Gasteiger partial charge >= 0.3 is 0 Å². The molecule has 0 radical (unpaired) electrons. The highest BCUT2D eigenvalue weighted by Gasteiger charge is 2.20. The van der Waals surface area contributed by atoms with Gasteiger partial charge < -0.3 is 29.2 Å². The van der Waals surface area contributed by atoms with E-state index in [0.29, 0.717) is 26.4 Å². The molecule has 2 saturated heterocycles. The number of benzene rings is 8. The maximum absolute atomic E-state index is 5.64. The maximum atomic E-state index is 5.64. The zero-order chi connectivity index (χ0) is 40.4. The molecule has 0 bridgehead atoms. The van der Waals surface area contributed by atoms with Gasteiger partial charge in [-0.25, -0.2) is 0 Å². The highest BCUT2D eigenvalue weighted by molar-refractivity contribution is 14.1. The number of nitrogens with one attached hydrogen (secondary N) is 1. The van der Waals surface area contributed by atoms with E-state index in [0.717, 1.165) is 48.5 Å². The van der Waals surface area contributed by atoms with Crippen LogP contribution in [0.1, 0.15) is 23.7 Å². The fraction of sp³-hybridized carbons (Fsp3) is 0.120. The van der Waals surface area contributed by atoms with E-state index in [4.69, 9.17) is 18.9 Å². The molecule has 296 valence electrons. The molecule has 6 nitrogen and oxygen atoms in total. The fourth-order valence-electron chi connectivity index (χ4n) is 6.95. The van der Waals surface area contributed by atoms with Gasteiger partial charge in [-0.1, -0.05) is 129 Å². The van der Waals surface area contributed by atoms with Crippen molar-refractivity contribution in [3.05, 3.63) is 206 Å². The molecule has 0 aromatic heterocycles. The molecule has 1 N–H and O–H groups in total. The van der Waals surface area contributed by atoms with Crippen LogP contribution in [0, 0.1) is 3.57 Å². The highest BCUT2D eigenvalue weighted by Crippen LogP contribution is 2.40. The van der Waals surface area contributed by atoms with Crippen LogP contribution < -0.4 is 10.2 Å². The molecule has 0 aliphatic carbocycles. The van der Waals surface area contributed by atoms with Crippen molar-refractivity contribution in [2.45, 2.75) is 12.6 Å². The van der Waals surface area contributed by atoms with Crippen molar-refractivity contribution in [1.29, 1.82) is 0 Å². The highest BCUT2D eigenvalue weighted by atomic mass is 127. The molecular formula is C50H41Br2IN2O4. The number of rotatable bonds is 7. The maximum Gasteiger partial charge on any atom is 0.184 e. The van der Waals surface area contributed by atoms with Crippen molar-refractivity contribution in [2.75, 3.05) is 36.6 Å². The lowest BCUT2D eigenvalue weighted by Gasteiger charge is -2.27. The van der Waals surface area contributed by atoms with Gasteiger partial charge in [0, 0.05) is 57.2 Å². The topological polar surface area (TPSA) is 52.2 Å². The smallest absolute Gasteiger partial charge is 0.184 e. The van der Waals surface area contributed by atoms with E-state index in [9.17, 15) is 0 Å². The second-order valence-corrected chi connectivity index (χ2v) is 16.8. The van der Waals surface area contributed by atoms with Gasteiger partial charge in [0.1, 0.15) is 0 Å². The molecule has 2 fully saturated rings. The molecule has 9 heteroatoms. The van der Waals surface area contributed by atoms with Gasteiger partial charge in [-0.2, -0.15) is 0 Å². The summed E-state index contributed by atoms with van der Waals surface area (Å²) in [5.74, 6) is 0. The van der Waals surface area contributed by atoms with E-state index >= 15 is 0 Å². The lowest BCUT2D eigenvalue weighted by atomic mass is 10.1. The lowest BCUT2D eigenvalue weighted by molar-refractivity contribution is -0.0443. The summed E-state index contributed by atoms with van der Waals surface area (Å²) >= 11 is 9.17. The van der Waals surface area contributed by atoms with Crippen LogP contribution in [0.3, 0.4) is 0 Å². The average molecular weight is 1020 g/mol. The molecule has 10 rings (SSSR count). The summed E-state index contributed by atoms with van der Waals surface area (Å²) in [5.41, 5.74) is 7.60. The third-order valence-electron chi connectivity index (χ3n) is 9.81. The number of halogens is 3. The summed E-state index contributed by atoms with van der Waals surface area (Å²) in [6.45, 7) is 2.63. The minimum absolute atomic E-state index is 0.216. The molecule has 2 aliphatic rings. The summed E-state index contributed by atoms with van der Waals surface area (Å²) < 4.78 is 25.8. The Labute approximate surface area is 375 Å². The molecule has 8 aromatic carbocycles. The minimum atomic E-state index is -0.261. The number of ether oxygens (including phenoxy) is 4. The van der Waals surface area contributed by atoms with Crippen molar-refractivity contribution >= 4 is 104 Å². The largest absolute Gasteiger partial charge is 0.355 e. The van der Waals surface area contributed by atoms with Crippen LogP contribution in [0.5, 0.6) is 0 Å². The summed E-state index contributed by atoms with van der Waals surface area (Å²) in [6.07, 6.45) is -0.477. The Bertz CT molecular complexity index is 2550. The first-order chi connectivity index (χ1) is 29.0. The zero-order valence-corrected chi connectivity index (χ0v) is 37.3. The third kappa shape index (κ3) is 10.6. The van der Waals surface area contributed by atoms with Crippen molar-refractivity contribution < 1.29 is 18.9 Å². The van der Waals surface area contributed by atoms with Crippen LogP contribution in [-0.2, 0) is 18.9 Å². The van der Waals surface area contributed by atoms with Gasteiger partial charge in [0.2, 0.25) is 0 Å². The first kappa shape index (κ1) is 41.2. The van der Waals surface area contributed by atoms with E-state index in [1.807, 2.05) is 24.3 Å². The van der Waals surface area contributed by atoms with Gasteiger partial charge in [-0.15, -0.1) is 0 Å². The van der Waals surface area contributed by atoms with E-state index < -0.39 is 0 Å². The lowest BCUT2D eigenvalue weighted by Crippen LogP contribution is -2.10. The molecule has 0 unspecified atom stereocenters. The SMILES string of the molecule is Brc1ccc(I)cc1.Brc1ccc(N(c2ccc(C3OCCO3)cc2)c2cccc3ccccc23)cc1.c1ccc2c(Nc3ccc(C4OCCO4)cc3)cccc2c1. The number of hydrogen-bond acceptors (Lipinski definition) is 6. The number of hydrogen-bond donors (Lipinski definition) is 1. The van der Waals surface area contributed by atoms with Gasteiger partial charge in [0.15, 0.2) is 12.6 Å². The van der Waals surface area contributed by atoms with Crippen LogP contribution in [0.4, 0.5) is 28.4 Å². The molecule has 0 spiro atoms. The Hall–Kier alpha value is -4.59. The monoisotopic (exact) mass is 1020 g/mol. The van der Waals surface area contributed by atoms with Crippen LogP contribution in [0.15, 0.2) is 191 Å². The number of nitrogens with zero attached hydrogens (tertiary/aromatic N) is 1. The molecule has 0 saturated carbocycles. The van der Waals surface area contributed by atoms with E-state index in [-0.39, 0.29) is 12.6 Å². The summed E-state index contributed by atoms with van der Waals surface area (Å²) in [5, 5.41) is 8.37. The Balaban J connectivity index is 0.000000142. The van der Waals surface area contributed by atoms with E-state index in [1.165, 1.54) is 25.1 Å². The molecule has 0 amide bonds. The Morgan fingerprint density at radius 2 is 0.898 bits per heavy atom. The van der Waals surface area contributed by atoms with Crippen LogP contribution in [0.25, 0.3) is 21.5 Å². The van der Waals surface area contributed by atoms with Crippen LogP contribution in [-0.4, -0.2) is 26.4 Å². The normalized spacial score (nSPS) is 14.0. The first-order valence-corrected chi connectivity index (χ1v) is 22.0. The number of fused-ring (bicyclic) bond motifs is 2. The predicted octanol–water partition coefficient (Wildman–Crippen LogP) is 14.8. The van der Waals surface area contributed by atoms with Gasteiger partial charge in [0.25, 0.3) is 0 Å². The first-order valence-electron chi connectivity index (χ1n) is 19.3. The summed E-state index contributed by atoms with van der Waals surface area (Å²) in [6, 6.07) is 62.8. The molecule has 2 aliphatic heterocycles.